The minimum atomic E-state index is -0.0496. The average Bonchev–Trinajstić information content (AvgIpc) is 2.39. The summed E-state index contributed by atoms with van der Waals surface area (Å²) in [5.74, 6) is 0.827. The largest absolute Gasteiger partial charge is 0.485 e. The number of fused-ring (bicyclic) bond motifs is 1. The van der Waals surface area contributed by atoms with Crippen molar-refractivity contribution in [3.63, 3.8) is 0 Å². The Morgan fingerprint density at radius 1 is 1.21 bits per heavy atom. The van der Waals surface area contributed by atoms with Crippen molar-refractivity contribution >= 4 is 27.5 Å². The van der Waals surface area contributed by atoms with Gasteiger partial charge in [-0.05, 0) is 35.9 Å². The molecule has 0 saturated heterocycles. The van der Waals surface area contributed by atoms with Gasteiger partial charge in [0.25, 0.3) is 0 Å². The van der Waals surface area contributed by atoms with Crippen LogP contribution in [0.2, 0.25) is 5.02 Å². The molecule has 0 aliphatic carbocycles. The summed E-state index contributed by atoms with van der Waals surface area (Å²) in [5, 5.41) is 0.693. The first-order valence-electron chi connectivity index (χ1n) is 6.10. The van der Waals surface area contributed by atoms with Gasteiger partial charge in [-0.1, -0.05) is 39.7 Å². The highest BCUT2D eigenvalue weighted by molar-refractivity contribution is 9.10. The van der Waals surface area contributed by atoms with Crippen LogP contribution in [-0.4, -0.2) is 0 Å². The smallest absolute Gasteiger partial charge is 0.126 e. The van der Waals surface area contributed by atoms with E-state index in [2.05, 4.69) is 28.1 Å². The molecule has 0 radical (unpaired) electrons. The molecule has 0 aromatic heterocycles. The molecule has 0 fully saturated rings. The molecule has 1 heterocycles. The molecule has 2 N–H and O–H groups in total. The minimum Gasteiger partial charge on any atom is -0.485 e. The summed E-state index contributed by atoms with van der Waals surface area (Å²) in [6, 6.07) is 13.7. The molecule has 2 aromatic carbocycles. The third-order valence-corrected chi connectivity index (χ3v) is 4.06. The quantitative estimate of drug-likeness (QED) is 0.823. The molecule has 2 nitrogen and oxygen atoms in total. The van der Waals surface area contributed by atoms with Crippen LogP contribution in [-0.2, 0) is 0 Å². The lowest BCUT2D eigenvalue weighted by molar-refractivity contribution is 0.161. The van der Waals surface area contributed by atoms with Crippen LogP contribution in [0.15, 0.2) is 46.9 Å². The standard InChI is InChI=1S/C15H13BrClNO/c16-10-3-1-2-9(6-10)15-8-13(18)12-7-11(17)4-5-14(12)19-15/h1-7,13,15H,8,18H2. The van der Waals surface area contributed by atoms with Crippen molar-refractivity contribution < 1.29 is 4.74 Å². The van der Waals surface area contributed by atoms with Crippen LogP contribution in [0.3, 0.4) is 0 Å². The summed E-state index contributed by atoms with van der Waals surface area (Å²) in [5.41, 5.74) is 8.35. The van der Waals surface area contributed by atoms with Crippen LogP contribution in [0, 0.1) is 0 Å². The predicted molar refractivity (Wildman–Crippen MR) is 80.5 cm³/mol. The maximum absolute atomic E-state index is 6.23. The fourth-order valence-corrected chi connectivity index (χ4v) is 2.98. The van der Waals surface area contributed by atoms with E-state index in [9.17, 15) is 0 Å². The maximum atomic E-state index is 6.23. The Bertz CT molecular complexity index is 617. The van der Waals surface area contributed by atoms with Crippen molar-refractivity contribution in [1.29, 1.82) is 0 Å². The van der Waals surface area contributed by atoms with E-state index in [1.165, 1.54) is 0 Å². The van der Waals surface area contributed by atoms with Crippen LogP contribution >= 0.6 is 27.5 Å². The lowest BCUT2D eigenvalue weighted by atomic mass is 9.94. The average molecular weight is 339 g/mol. The zero-order valence-electron chi connectivity index (χ0n) is 10.1. The Morgan fingerprint density at radius 3 is 2.84 bits per heavy atom. The second-order valence-electron chi connectivity index (χ2n) is 4.69. The first kappa shape index (κ1) is 13.0. The molecular weight excluding hydrogens is 326 g/mol. The number of nitrogens with two attached hydrogens (primary N) is 1. The molecule has 2 aromatic rings. The molecule has 3 rings (SSSR count). The monoisotopic (exact) mass is 337 g/mol. The summed E-state index contributed by atoms with van der Waals surface area (Å²) < 4.78 is 7.08. The lowest BCUT2D eigenvalue weighted by Crippen LogP contribution is -2.24. The Hall–Kier alpha value is -1.03. The first-order valence-corrected chi connectivity index (χ1v) is 7.28. The highest BCUT2D eigenvalue weighted by Gasteiger charge is 2.27. The summed E-state index contributed by atoms with van der Waals surface area (Å²) in [7, 11) is 0. The molecule has 19 heavy (non-hydrogen) atoms. The second kappa shape index (κ2) is 5.16. The van der Waals surface area contributed by atoms with Crippen LogP contribution in [0.1, 0.15) is 29.7 Å². The van der Waals surface area contributed by atoms with Crippen molar-refractivity contribution in [2.24, 2.45) is 5.73 Å². The van der Waals surface area contributed by atoms with E-state index in [4.69, 9.17) is 22.1 Å². The molecule has 2 atom stereocenters. The first-order chi connectivity index (χ1) is 9.13. The van der Waals surface area contributed by atoms with E-state index in [0.717, 1.165) is 27.8 Å². The summed E-state index contributed by atoms with van der Waals surface area (Å²) in [6.07, 6.45) is 0.741. The van der Waals surface area contributed by atoms with Gasteiger partial charge in [-0.2, -0.15) is 0 Å². The fourth-order valence-electron chi connectivity index (χ4n) is 2.39. The van der Waals surface area contributed by atoms with Crippen molar-refractivity contribution in [2.45, 2.75) is 18.6 Å². The second-order valence-corrected chi connectivity index (χ2v) is 6.04. The van der Waals surface area contributed by atoms with Gasteiger partial charge in [-0.25, -0.2) is 0 Å². The zero-order chi connectivity index (χ0) is 13.4. The summed E-state index contributed by atoms with van der Waals surface area (Å²) >= 11 is 9.48. The molecule has 2 unspecified atom stereocenters. The fraction of sp³-hybridized carbons (Fsp3) is 0.200. The normalized spacial score (nSPS) is 21.6. The molecule has 4 heteroatoms. The molecular formula is C15H13BrClNO. The van der Waals surface area contributed by atoms with Crippen molar-refractivity contribution in [1.82, 2.24) is 0 Å². The summed E-state index contributed by atoms with van der Waals surface area (Å²) in [6.45, 7) is 0. The lowest BCUT2D eigenvalue weighted by Gasteiger charge is -2.30. The van der Waals surface area contributed by atoms with Gasteiger partial charge < -0.3 is 10.5 Å². The van der Waals surface area contributed by atoms with Crippen molar-refractivity contribution in [3.05, 3.63) is 63.1 Å². The SMILES string of the molecule is NC1CC(c2cccc(Br)c2)Oc2ccc(Cl)cc21. The number of ether oxygens (including phenoxy) is 1. The third kappa shape index (κ3) is 2.64. The molecule has 98 valence electrons. The van der Waals surface area contributed by atoms with E-state index < -0.39 is 0 Å². The Balaban J connectivity index is 1.95. The van der Waals surface area contributed by atoms with Crippen LogP contribution in [0.25, 0.3) is 0 Å². The molecule has 1 aliphatic rings. The van der Waals surface area contributed by atoms with Crippen LogP contribution in [0.4, 0.5) is 0 Å². The maximum Gasteiger partial charge on any atom is 0.126 e. The molecule has 0 amide bonds. The molecule has 0 bridgehead atoms. The van der Waals surface area contributed by atoms with Gasteiger partial charge in [0, 0.05) is 27.5 Å². The highest BCUT2D eigenvalue weighted by Crippen LogP contribution is 2.40. The Kier molecular flexibility index (Phi) is 3.52. The number of hydrogen-bond acceptors (Lipinski definition) is 2. The van der Waals surface area contributed by atoms with Crippen LogP contribution < -0.4 is 10.5 Å². The highest BCUT2D eigenvalue weighted by atomic mass is 79.9. The van der Waals surface area contributed by atoms with Gasteiger partial charge in [0.1, 0.15) is 11.9 Å². The molecule has 0 saturated carbocycles. The number of rotatable bonds is 1. The molecule has 1 aliphatic heterocycles. The topological polar surface area (TPSA) is 35.2 Å². The van der Waals surface area contributed by atoms with Gasteiger partial charge in [0.05, 0.1) is 0 Å². The number of hydrogen-bond donors (Lipinski definition) is 1. The predicted octanol–water partition coefficient (Wildman–Crippen LogP) is 4.63. The van der Waals surface area contributed by atoms with E-state index in [1.54, 1.807) is 0 Å². The Labute approximate surface area is 125 Å². The van der Waals surface area contributed by atoms with E-state index in [1.807, 2.05) is 30.3 Å². The third-order valence-electron chi connectivity index (χ3n) is 3.33. The van der Waals surface area contributed by atoms with Gasteiger partial charge in [-0.3, -0.25) is 0 Å². The zero-order valence-corrected chi connectivity index (χ0v) is 12.5. The summed E-state index contributed by atoms with van der Waals surface area (Å²) in [4.78, 5) is 0. The van der Waals surface area contributed by atoms with Gasteiger partial charge in [0.2, 0.25) is 0 Å². The van der Waals surface area contributed by atoms with E-state index in [-0.39, 0.29) is 12.1 Å². The number of halogens is 2. The Morgan fingerprint density at radius 2 is 2.05 bits per heavy atom. The van der Waals surface area contributed by atoms with E-state index >= 15 is 0 Å². The minimum absolute atomic E-state index is 0.0128. The van der Waals surface area contributed by atoms with E-state index in [0.29, 0.717) is 5.02 Å². The van der Waals surface area contributed by atoms with Gasteiger partial charge >= 0.3 is 0 Å². The van der Waals surface area contributed by atoms with Crippen LogP contribution in [0.5, 0.6) is 5.75 Å². The number of benzene rings is 2. The van der Waals surface area contributed by atoms with Crippen molar-refractivity contribution in [3.8, 4) is 5.75 Å². The van der Waals surface area contributed by atoms with Gasteiger partial charge in [-0.15, -0.1) is 0 Å². The molecule has 0 spiro atoms. The van der Waals surface area contributed by atoms with Gasteiger partial charge in [0.15, 0.2) is 0 Å². The van der Waals surface area contributed by atoms with Crippen molar-refractivity contribution in [2.75, 3.05) is 0 Å².